The maximum Gasteiger partial charge on any atom is 0.319 e. The molecule has 4 aliphatic rings. The van der Waals surface area contributed by atoms with Crippen LogP contribution < -0.4 is 25.4 Å². The first kappa shape index (κ1) is 27.1. The van der Waals surface area contributed by atoms with Crippen LogP contribution in [-0.2, 0) is 0 Å². The number of benzene rings is 1. The third kappa shape index (κ3) is 4.36. The molecule has 3 N–H and O–H groups in total. The Kier molecular flexibility index (Phi) is 6.32. The van der Waals surface area contributed by atoms with E-state index in [0.717, 1.165) is 43.6 Å². The van der Waals surface area contributed by atoms with Crippen molar-refractivity contribution in [2.45, 2.75) is 55.9 Å². The van der Waals surface area contributed by atoms with E-state index in [1.54, 1.807) is 0 Å². The molecule has 8 rings (SSSR count). The second-order valence-corrected chi connectivity index (χ2v) is 13.1. The zero-order valence-electron chi connectivity index (χ0n) is 23.6. The maximum atomic E-state index is 16.8. The summed E-state index contributed by atoms with van der Waals surface area (Å²) in [6, 6.07) is 3.28. The first-order valence-electron chi connectivity index (χ1n) is 14.6. The molecule has 3 aromatic heterocycles. The van der Waals surface area contributed by atoms with Gasteiger partial charge in [-0.15, -0.1) is 0 Å². The molecule has 1 aromatic carbocycles. The molecule has 226 valence electrons. The number of ether oxygens (including phenoxy) is 2. The molecule has 14 heteroatoms. The predicted octanol–water partition coefficient (Wildman–Crippen LogP) is 4.07. The van der Waals surface area contributed by atoms with Gasteiger partial charge in [0, 0.05) is 43.7 Å². The van der Waals surface area contributed by atoms with Crippen molar-refractivity contribution in [1.29, 1.82) is 0 Å². The quantitative estimate of drug-likeness (QED) is 0.330. The van der Waals surface area contributed by atoms with Gasteiger partial charge in [0.05, 0.1) is 28.4 Å². The third-order valence-corrected chi connectivity index (χ3v) is 10.3. The lowest BCUT2D eigenvalue weighted by Gasteiger charge is -2.34. The van der Waals surface area contributed by atoms with E-state index in [9.17, 15) is 8.78 Å². The molecule has 0 amide bonds. The van der Waals surface area contributed by atoms with Gasteiger partial charge in [-0.1, -0.05) is 11.3 Å². The van der Waals surface area contributed by atoms with Crippen molar-refractivity contribution in [2.24, 2.45) is 0 Å². The van der Waals surface area contributed by atoms with Gasteiger partial charge in [-0.25, -0.2) is 23.1 Å². The van der Waals surface area contributed by atoms with Crippen LogP contribution in [0, 0.1) is 11.6 Å². The van der Waals surface area contributed by atoms with E-state index in [4.69, 9.17) is 25.2 Å². The summed E-state index contributed by atoms with van der Waals surface area (Å²) in [5.41, 5.74) is 6.19. The highest BCUT2D eigenvalue weighted by atomic mass is 32.1. The van der Waals surface area contributed by atoms with Crippen molar-refractivity contribution in [1.82, 2.24) is 30.2 Å². The summed E-state index contributed by atoms with van der Waals surface area (Å²) in [5.74, 6) is -0.753. The highest BCUT2D eigenvalue weighted by Gasteiger charge is 2.49. The van der Waals surface area contributed by atoms with Crippen molar-refractivity contribution in [2.75, 3.05) is 50.5 Å². The molecule has 4 saturated heterocycles. The molecule has 4 aliphatic heterocycles. The van der Waals surface area contributed by atoms with Gasteiger partial charge >= 0.3 is 6.01 Å². The van der Waals surface area contributed by atoms with E-state index in [2.05, 4.69) is 25.1 Å². The topological polar surface area (TPSA) is 115 Å². The van der Waals surface area contributed by atoms with E-state index in [0.29, 0.717) is 31.9 Å². The lowest BCUT2D eigenvalue weighted by Crippen LogP contribution is -2.51. The van der Waals surface area contributed by atoms with Gasteiger partial charge in [-0.3, -0.25) is 4.90 Å². The van der Waals surface area contributed by atoms with Crippen LogP contribution in [0.4, 0.5) is 24.1 Å². The summed E-state index contributed by atoms with van der Waals surface area (Å²) in [4.78, 5) is 22.6. The van der Waals surface area contributed by atoms with Gasteiger partial charge < -0.3 is 25.4 Å². The van der Waals surface area contributed by atoms with E-state index < -0.39 is 23.3 Å². The molecule has 0 aliphatic carbocycles. The number of alkyl halides is 1. The van der Waals surface area contributed by atoms with Crippen LogP contribution in [0.15, 0.2) is 12.1 Å². The average Bonchev–Trinajstić information content (AvgIpc) is 3.74. The summed E-state index contributed by atoms with van der Waals surface area (Å²) in [5, 5.41) is 3.77. The first-order chi connectivity index (χ1) is 20.8. The van der Waals surface area contributed by atoms with E-state index in [1.807, 2.05) is 0 Å². The smallest absolute Gasteiger partial charge is 0.319 e. The minimum absolute atomic E-state index is 0.00142. The number of halogens is 3. The minimum Gasteiger partial charge on any atom is -0.480 e. The normalized spacial score (nSPS) is 27.0. The largest absolute Gasteiger partial charge is 0.480 e. The van der Waals surface area contributed by atoms with Crippen molar-refractivity contribution >= 4 is 43.5 Å². The number of nitrogens with zero attached hydrogens (tertiary/aromatic N) is 6. The molecule has 3 unspecified atom stereocenters. The molecule has 0 saturated carbocycles. The van der Waals surface area contributed by atoms with Crippen molar-refractivity contribution < 1.29 is 22.6 Å². The Morgan fingerprint density at radius 1 is 1.07 bits per heavy atom. The molecule has 10 nitrogen and oxygen atoms in total. The third-order valence-electron chi connectivity index (χ3n) is 9.42. The fraction of sp³-hybridized carbons (Fsp3) is 0.517. The fourth-order valence-corrected chi connectivity index (χ4v) is 8.29. The maximum absolute atomic E-state index is 16.8. The van der Waals surface area contributed by atoms with Gasteiger partial charge in [0.15, 0.2) is 16.8 Å². The molecule has 43 heavy (non-hydrogen) atoms. The Hall–Kier alpha value is -3.49. The summed E-state index contributed by atoms with van der Waals surface area (Å²) in [6.45, 7) is 2.78. The number of methoxy groups -OCH3 is 1. The Labute approximate surface area is 249 Å². The van der Waals surface area contributed by atoms with E-state index >= 15 is 4.39 Å². The molecular weight excluding hydrogens is 581 g/mol. The van der Waals surface area contributed by atoms with Gasteiger partial charge in [0.2, 0.25) is 5.88 Å². The number of piperazine rings is 1. The van der Waals surface area contributed by atoms with Crippen molar-refractivity contribution in [3.05, 3.63) is 23.8 Å². The molecule has 4 atom stereocenters. The average molecular weight is 613 g/mol. The number of nitrogens with two attached hydrogens (primary N) is 1. The molecule has 0 spiro atoms. The van der Waals surface area contributed by atoms with Crippen LogP contribution in [0.5, 0.6) is 11.9 Å². The van der Waals surface area contributed by atoms with Crippen LogP contribution >= 0.6 is 11.3 Å². The predicted molar refractivity (Wildman–Crippen MR) is 158 cm³/mol. The summed E-state index contributed by atoms with van der Waals surface area (Å²) in [7, 11) is 1.41. The number of hydrogen-bond donors (Lipinski definition) is 2. The number of anilines is 2. The second-order valence-electron chi connectivity index (χ2n) is 12.1. The minimum atomic E-state index is -0.905. The number of hydrogen-bond acceptors (Lipinski definition) is 11. The zero-order valence-corrected chi connectivity index (χ0v) is 24.4. The molecule has 0 radical (unpaired) electrons. The highest BCUT2D eigenvalue weighted by molar-refractivity contribution is 7.22. The SMILES string of the molecule is COc1nc2c(N3CC4CCC(C3)N4)nc(OCC34CCCN3C[C@H](F)C4)nc2c(F)c1-c1ccc(F)c2sc(N)nc12. The molecular formula is C29H31F3N8O2S. The number of thiazole rings is 1. The monoisotopic (exact) mass is 612 g/mol. The number of rotatable bonds is 6. The Morgan fingerprint density at radius 3 is 2.67 bits per heavy atom. The lowest BCUT2D eigenvalue weighted by atomic mass is 9.95. The van der Waals surface area contributed by atoms with Crippen LogP contribution in [0.3, 0.4) is 0 Å². The number of aromatic nitrogens is 4. The summed E-state index contributed by atoms with van der Waals surface area (Å²) >= 11 is 0.985. The number of nitrogen functional groups attached to an aromatic ring is 1. The van der Waals surface area contributed by atoms with Gasteiger partial charge in [0.1, 0.15) is 29.6 Å². The van der Waals surface area contributed by atoms with Crippen LogP contribution in [-0.4, -0.2) is 88.5 Å². The fourth-order valence-electron chi connectivity index (χ4n) is 7.53. The lowest BCUT2D eigenvalue weighted by molar-refractivity contribution is 0.107. The summed E-state index contributed by atoms with van der Waals surface area (Å²) in [6.07, 6.45) is 3.37. The van der Waals surface area contributed by atoms with E-state index in [-0.39, 0.29) is 68.1 Å². The first-order valence-corrected chi connectivity index (χ1v) is 15.5. The zero-order chi connectivity index (χ0) is 29.5. The Bertz CT molecular complexity index is 1740. The Balaban J connectivity index is 1.28. The Morgan fingerprint density at radius 2 is 1.88 bits per heavy atom. The van der Waals surface area contributed by atoms with Crippen molar-refractivity contribution in [3.8, 4) is 23.0 Å². The van der Waals surface area contributed by atoms with Crippen molar-refractivity contribution in [3.63, 3.8) is 0 Å². The number of nitrogens with one attached hydrogen (secondary N) is 1. The van der Waals surface area contributed by atoms with Gasteiger partial charge in [-0.2, -0.15) is 9.97 Å². The molecule has 2 bridgehead atoms. The molecule has 4 aromatic rings. The number of pyridine rings is 1. The second kappa shape index (κ2) is 10.0. The molecule has 7 heterocycles. The standard InChI is InChI=1S/C29H31F3N8O2S/c1-41-26-19(17-5-6-18(31)24-21(17)36-27(33)43-24)20(32)22-23(35-26)25(39-11-15-3-4-16(12-39)34-15)38-28(37-22)42-13-29-7-2-8-40(29)10-14(30)9-29/h5-6,14-16,34H,2-4,7-13H2,1H3,(H2,33,36)/t14-,15?,16?,29?/m1/s1. The van der Waals surface area contributed by atoms with Gasteiger partial charge in [0.25, 0.3) is 0 Å². The number of fused-ring (bicyclic) bond motifs is 5. The van der Waals surface area contributed by atoms with Crippen LogP contribution in [0.2, 0.25) is 0 Å². The summed E-state index contributed by atoms with van der Waals surface area (Å²) < 4.78 is 58.0. The van der Waals surface area contributed by atoms with Crippen LogP contribution in [0.1, 0.15) is 32.1 Å². The van der Waals surface area contributed by atoms with Gasteiger partial charge in [-0.05, 0) is 44.4 Å². The molecule has 4 fully saturated rings. The van der Waals surface area contributed by atoms with Crippen LogP contribution in [0.25, 0.3) is 32.4 Å². The highest BCUT2D eigenvalue weighted by Crippen LogP contribution is 2.44. The van der Waals surface area contributed by atoms with E-state index in [1.165, 1.54) is 19.2 Å².